The van der Waals surface area contributed by atoms with Crippen molar-refractivity contribution in [2.75, 3.05) is 29.7 Å². The minimum absolute atomic E-state index is 0.266. The average Bonchev–Trinajstić information content (AvgIpc) is 2.87. The Hall–Kier alpha value is -3.50. The fourth-order valence-electron chi connectivity index (χ4n) is 3.49. The number of nitrogens with zero attached hydrogens (tertiary/aromatic N) is 1. The zero-order valence-electron chi connectivity index (χ0n) is 21.1. The minimum atomic E-state index is -1.38. The Kier molecular flexibility index (Phi) is 12.2. The van der Waals surface area contributed by atoms with Gasteiger partial charge < -0.3 is 30.5 Å². The van der Waals surface area contributed by atoms with Gasteiger partial charge in [0.2, 0.25) is 5.91 Å². The number of benzene rings is 2. The van der Waals surface area contributed by atoms with Crippen LogP contribution >= 0.6 is 23.2 Å². The first kappa shape index (κ1) is 30.7. The molecule has 2 aromatic carbocycles. The molecule has 2 atom stereocenters. The molecule has 12 heteroatoms. The lowest BCUT2D eigenvalue weighted by atomic mass is 10.1. The van der Waals surface area contributed by atoms with Gasteiger partial charge >= 0.3 is 11.9 Å². The molecule has 0 saturated carbocycles. The molecule has 0 aromatic heterocycles. The van der Waals surface area contributed by atoms with Gasteiger partial charge in [-0.1, -0.05) is 0 Å². The highest BCUT2D eigenvalue weighted by Crippen LogP contribution is 2.29. The lowest BCUT2D eigenvalue weighted by Crippen LogP contribution is -2.50. The van der Waals surface area contributed by atoms with Crippen molar-refractivity contribution in [3.05, 3.63) is 53.6 Å². The van der Waals surface area contributed by atoms with E-state index in [4.69, 9.17) is 33.0 Å². The molecule has 0 radical (unpaired) electrons. The molecule has 10 nitrogen and oxygen atoms in total. The summed E-state index contributed by atoms with van der Waals surface area (Å²) >= 11 is 11.8. The predicted molar refractivity (Wildman–Crippen MR) is 145 cm³/mol. The summed E-state index contributed by atoms with van der Waals surface area (Å²) in [6.45, 7) is 4.66. The number of rotatable bonds is 15. The van der Waals surface area contributed by atoms with Crippen molar-refractivity contribution in [3.8, 4) is 11.5 Å². The summed E-state index contributed by atoms with van der Waals surface area (Å²) in [7, 11) is 0. The molecule has 0 heterocycles. The van der Waals surface area contributed by atoms with Crippen LogP contribution in [-0.2, 0) is 14.4 Å². The Morgan fingerprint density at radius 2 is 1.61 bits per heavy atom. The van der Waals surface area contributed by atoms with E-state index in [9.17, 15) is 24.3 Å². The van der Waals surface area contributed by atoms with Crippen molar-refractivity contribution < 1.29 is 34.1 Å². The summed E-state index contributed by atoms with van der Waals surface area (Å²) in [4.78, 5) is 49.0. The van der Waals surface area contributed by atoms with Gasteiger partial charge in [-0.05, 0) is 68.3 Å². The zero-order chi connectivity index (χ0) is 28.2. The number of aryl methyl sites for hydroxylation is 1. The predicted octanol–water partition coefficient (Wildman–Crippen LogP) is 3.62. The normalized spacial score (nSPS) is 12.2. The summed E-state index contributed by atoms with van der Waals surface area (Å²) in [5, 5.41) is 22.7. The molecule has 0 bridgehead atoms. The van der Waals surface area contributed by atoms with Crippen molar-refractivity contribution in [1.82, 2.24) is 10.6 Å². The number of carboxylic acid groups (broad SMARTS) is 2. The van der Waals surface area contributed by atoms with E-state index < -0.39 is 42.3 Å². The van der Waals surface area contributed by atoms with E-state index in [0.717, 1.165) is 11.3 Å². The molecule has 0 unspecified atom stereocenters. The molecule has 2 rings (SSSR count). The number of ether oxygens (including phenoxy) is 1. The number of hydrogen-bond donors (Lipinski definition) is 4. The van der Waals surface area contributed by atoms with Gasteiger partial charge in [0.25, 0.3) is 5.91 Å². The van der Waals surface area contributed by atoms with E-state index in [0.29, 0.717) is 36.3 Å². The van der Waals surface area contributed by atoms with Crippen molar-refractivity contribution in [1.29, 1.82) is 0 Å². The summed E-state index contributed by atoms with van der Waals surface area (Å²) in [6, 6.07) is 9.63. The molecule has 0 aliphatic heterocycles. The monoisotopic (exact) mass is 567 g/mol. The smallest absolute Gasteiger partial charge is 0.326 e. The van der Waals surface area contributed by atoms with Gasteiger partial charge in [-0.15, -0.1) is 23.2 Å². The molecule has 4 N–H and O–H groups in total. The van der Waals surface area contributed by atoms with Gasteiger partial charge in [0.15, 0.2) is 0 Å². The maximum atomic E-state index is 12.6. The van der Waals surface area contributed by atoms with Crippen molar-refractivity contribution in [3.63, 3.8) is 0 Å². The van der Waals surface area contributed by atoms with E-state index >= 15 is 0 Å². The first-order chi connectivity index (χ1) is 18.0. The van der Waals surface area contributed by atoms with Gasteiger partial charge in [-0.25, -0.2) is 4.79 Å². The highest BCUT2D eigenvalue weighted by molar-refractivity contribution is 6.18. The van der Waals surface area contributed by atoms with Gasteiger partial charge in [-0.2, -0.15) is 0 Å². The Morgan fingerprint density at radius 3 is 2.13 bits per heavy atom. The molecule has 0 spiro atoms. The number of amides is 2. The SMILES string of the molecule is Cc1cc(N(CCCl)CCCl)ccc1Oc1ccc(C(=O)N[C@@H](C)C(=O)N[C@@H](CCC(=O)O)C(=O)O)cc1. The van der Waals surface area contributed by atoms with Crippen LogP contribution in [0.25, 0.3) is 0 Å². The molecule has 0 saturated heterocycles. The Labute approximate surface area is 230 Å². The fraction of sp³-hybridized carbons (Fsp3) is 0.385. The summed E-state index contributed by atoms with van der Waals surface area (Å²) in [5.74, 6) is -1.72. The standard InChI is InChI=1S/C26H31Cl2N3O7/c1-16-15-19(31(13-11-27)14-12-28)5-9-22(16)38-20-6-3-18(4-7-20)25(35)29-17(2)24(34)30-21(26(36)37)8-10-23(32)33/h3-7,9,15,17,21H,8,10-14H2,1-2H3,(H,29,35)(H,30,34)(H,32,33)(H,36,37)/t17-,21-/m0/s1. The third-order valence-electron chi connectivity index (χ3n) is 5.58. The van der Waals surface area contributed by atoms with Crippen LogP contribution in [0, 0.1) is 6.92 Å². The van der Waals surface area contributed by atoms with Crippen LogP contribution in [-0.4, -0.2) is 70.9 Å². The highest BCUT2D eigenvalue weighted by atomic mass is 35.5. The largest absolute Gasteiger partial charge is 0.481 e. The summed E-state index contributed by atoms with van der Waals surface area (Å²) in [5.41, 5.74) is 2.15. The van der Waals surface area contributed by atoms with Crippen molar-refractivity contribution >= 4 is 52.6 Å². The third kappa shape index (κ3) is 9.42. The molecular formula is C26H31Cl2N3O7. The number of carbonyl (C=O) groups excluding carboxylic acids is 2. The first-order valence-electron chi connectivity index (χ1n) is 11.9. The van der Waals surface area contributed by atoms with Crippen LogP contribution in [0.1, 0.15) is 35.7 Å². The molecule has 38 heavy (non-hydrogen) atoms. The quantitative estimate of drug-likeness (QED) is 0.239. The lowest BCUT2D eigenvalue weighted by Gasteiger charge is -2.23. The zero-order valence-corrected chi connectivity index (χ0v) is 22.6. The second-order valence-electron chi connectivity index (χ2n) is 8.47. The topological polar surface area (TPSA) is 145 Å². The van der Waals surface area contributed by atoms with Crippen molar-refractivity contribution in [2.45, 2.75) is 38.8 Å². The van der Waals surface area contributed by atoms with E-state index in [2.05, 4.69) is 15.5 Å². The van der Waals surface area contributed by atoms with Gasteiger partial charge in [0, 0.05) is 42.5 Å². The number of nitrogens with one attached hydrogen (secondary N) is 2. The van der Waals surface area contributed by atoms with Crippen LogP contribution in [0.5, 0.6) is 11.5 Å². The highest BCUT2D eigenvalue weighted by Gasteiger charge is 2.24. The number of hydrogen-bond acceptors (Lipinski definition) is 6. The number of aliphatic carboxylic acids is 2. The maximum Gasteiger partial charge on any atom is 0.326 e. The Bertz CT molecular complexity index is 1120. The van der Waals surface area contributed by atoms with Gasteiger partial charge in [0.1, 0.15) is 23.6 Å². The second kappa shape index (κ2) is 15.0. The van der Waals surface area contributed by atoms with Gasteiger partial charge in [-0.3, -0.25) is 14.4 Å². The number of alkyl halides is 2. The van der Waals surface area contributed by atoms with E-state index in [1.165, 1.54) is 19.1 Å². The van der Waals surface area contributed by atoms with E-state index in [-0.39, 0.29) is 12.0 Å². The Morgan fingerprint density at radius 1 is 0.974 bits per heavy atom. The number of anilines is 1. The number of carbonyl (C=O) groups is 4. The molecule has 206 valence electrons. The molecular weight excluding hydrogens is 537 g/mol. The molecule has 2 amide bonds. The number of halogens is 2. The molecule has 0 fully saturated rings. The molecule has 0 aliphatic carbocycles. The first-order valence-corrected chi connectivity index (χ1v) is 12.9. The molecule has 2 aromatic rings. The van der Waals surface area contributed by atoms with Crippen molar-refractivity contribution in [2.24, 2.45) is 0 Å². The van der Waals surface area contributed by atoms with Gasteiger partial charge in [0.05, 0.1) is 0 Å². The third-order valence-corrected chi connectivity index (χ3v) is 5.92. The maximum absolute atomic E-state index is 12.6. The molecule has 0 aliphatic rings. The van der Waals surface area contributed by atoms with Crippen LogP contribution < -0.4 is 20.3 Å². The average molecular weight is 568 g/mol. The van der Waals surface area contributed by atoms with E-state index in [1.54, 1.807) is 12.1 Å². The number of carboxylic acids is 2. The van der Waals surface area contributed by atoms with Crippen LogP contribution in [0.4, 0.5) is 5.69 Å². The summed E-state index contributed by atoms with van der Waals surface area (Å²) < 4.78 is 5.96. The lowest BCUT2D eigenvalue weighted by molar-refractivity contribution is -0.143. The Balaban J connectivity index is 1.99. The fourth-order valence-corrected chi connectivity index (χ4v) is 3.90. The van der Waals surface area contributed by atoms with Crippen LogP contribution in [0.15, 0.2) is 42.5 Å². The second-order valence-corrected chi connectivity index (χ2v) is 9.22. The van der Waals surface area contributed by atoms with Crippen LogP contribution in [0.3, 0.4) is 0 Å². The summed E-state index contributed by atoms with van der Waals surface area (Å²) in [6.07, 6.45) is -0.698. The minimum Gasteiger partial charge on any atom is -0.481 e. The van der Waals surface area contributed by atoms with Crippen LogP contribution in [0.2, 0.25) is 0 Å². The van der Waals surface area contributed by atoms with E-state index in [1.807, 2.05) is 25.1 Å².